The minimum absolute atomic E-state index is 0.0478. The van der Waals surface area contributed by atoms with Crippen molar-refractivity contribution in [3.05, 3.63) is 16.5 Å². The second-order valence-electron chi connectivity index (χ2n) is 9.87. The molecule has 0 spiro atoms. The molecule has 1 aliphatic rings. The van der Waals surface area contributed by atoms with Gasteiger partial charge in [-0.05, 0) is 70.8 Å². The molecule has 10 heteroatoms. The van der Waals surface area contributed by atoms with E-state index >= 15 is 0 Å². The first-order chi connectivity index (χ1) is 14.2. The van der Waals surface area contributed by atoms with Crippen molar-refractivity contribution in [2.24, 2.45) is 0 Å². The van der Waals surface area contributed by atoms with E-state index in [1.54, 1.807) is 25.7 Å². The molecule has 2 aromatic heterocycles. The zero-order valence-corrected chi connectivity index (χ0v) is 20.6. The molecule has 2 aromatic rings. The molecule has 0 saturated carbocycles. The van der Waals surface area contributed by atoms with Crippen LogP contribution in [0.25, 0.3) is 11.0 Å². The molecule has 170 valence electrons. The fourth-order valence-corrected chi connectivity index (χ4v) is 4.56. The van der Waals surface area contributed by atoms with Crippen LogP contribution in [-0.4, -0.2) is 55.3 Å². The van der Waals surface area contributed by atoms with Crippen molar-refractivity contribution < 1.29 is 19.1 Å². The van der Waals surface area contributed by atoms with Crippen LogP contribution >= 0.6 is 15.9 Å². The molecule has 2 atom stereocenters. The maximum absolute atomic E-state index is 13.0. The topological polar surface area (TPSA) is 113 Å². The molecule has 0 radical (unpaired) electrons. The van der Waals surface area contributed by atoms with Crippen LogP contribution in [0, 0.1) is 0 Å². The number of rotatable bonds is 2. The number of nitrogens with zero attached hydrogens (tertiary/aromatic N) is 4. The standard InChI is InChI=1S/C21H30BrN5O4/c1-11-8-12(9-26(11)19(29)31-21(5,6)7)27-15(22)13(18(28)30-20(2,3)4)14-16(23)24-10-25-17(14)27/h10-12H,8-9H2,1-7H3,(H2,23,24,25)/t11-,12+/m0/s1. The smallest absolute Gasteiger partial charge is 0.410 e. The molecule has 2 N–H and O–H groups in total. The fourth-order valence-electron chi connectivity index (χ4n) is 3.74. The van der Waals surface area contributed by atoms with Gasteiger partial charge in [0, 0.05) is 12.6 Å². The maximum Gasteiger partial charge on any atom is 0.410 e. The third-order valence-corrected chi connectivity index (χ3v) is 5.68. The van der Waals surface area contributed by atoms with Gasteiger partial charge in [0.25, 0.3) is 0 Å². The van der Waals surface area contributed by atoms with E-state index in [1.165, 1.54) is 6.33 Å². The second-order valence-corrected chi connectivity index (χ2v) is 10.6. The summed E-state index contributed by atoms with van der Waals surface area (Å²) >= 11 is 3.58. The third kappa shape index (κ3) is 4.78. The van der Waals surface area contributed by atoms with Crippen LogP contribution in [0.3, 0.4) is 0 Å². The lowest BCUT2D eigenvalue weighted by atomic mass is 10.2. The van der Waals surface area contributed by atoms with Gasteiger partial charge in [-0.3, -0.25) is 0 Å². The van der Waals surface area contributed by atoms with Crippen LogP contribution in [0.4, 0.5) is 10.6 Å². The largest absolute Gasteiger partial charge is 0.456 e. The molecule has 0 aliphatic carbocycles. The minimum atomic E-state index is -0.676. The first-order valence-electron chi connectivity index (χ1n) is 10.2. The number of fused-ring (bicyclic) bond motifs is 1. The fraction of sp³-hybridized carbons (Fsp3) is 0.619. The Hall–Kier alpha value is -2.36. The zero-order chi connectivity index (χ0) is 23.3. The average Bonchev–Trinajstić information content (AvgIpc) is 3.09. The van der Waals surface area contributed by atoms with Gasteiger partial charge in [-0.25, -0.2) is 19.6 Å². The summed E-state index contributed by atoms with van der Waals surface area (Å²) in [6, 6.07) is -0.182. The van der Waals surface area contributed by atoms with Crippen molar-refractivity contribution in [3.63, 3.8) is 0 Å². The Bertz CT molecular complexity index is 1020. The van der Waals surface area contributed by atoms with E-state index in [0.717, 1.165) is 0 Å². The lowest BCUT2D eigenvalue weighted by Gasteiger charge is -2.27. The number of nitrogen functional groups attached to an aromatic ring is 1. The molecule has 31 heavy (non-hydrogen) atoms. The number of hydrogen-bond donors (Lipinski definition) is 1. The van der Waals surface area contributed by atoms with Crippen molar-refractivity contribution >= 4 is 44.8 Å². The van der Waals surface area contributed by atoms with E-state index in [-0.39, 0.29) is 29.6 Å². The molecule has 0 aromatic carbocycles. The lowest BCUT2D eigenvalue weighted by Crippen LogP contribution is -2.38. The van der Waals surface area contributed by atoms with Crippen LogP contribution in [0.2, 0.25) is 0 Å². The highest BCUT2D eigenvalue weighted by molar-refractivity contribution is 9.10. The molecule has 0 bridgehead atoms. The number of halogens is 1. The van der Waals surface area contributed by atoms with Crippen molar-refractivity contribution in [1.82, 2.24) is 19.4 Å². The van der Waals surface area contributed by atoms with Gasteiger partial charge in [-0.2, -0.15) is 0 Å². The van der Waals surface area contributed by atoms with E-state index in [2.05, 4.69) is 25.9 Å². The highest BCUT2D eigenvalue weighted by atomic mass is 79.9. The number of anilines is 1. The number of nitrogens with two attached hydrogens (primary N) is 1. The number of carbonyl (C=O) groups is 2. The quantitative estimate of drug-likeness (QED) is 0.617. The van der Waals surface area contributed by atoms with Crippen molar-refractivity contribution in [2.45, 2.75) is 78.2 Å². The highest BCUT2D eigenvalue weighted by Gasteiger charge is 2.39. The van der Waals surface area contributed by atoms with Gasteiger partial charge in [0.15, 0.2) is 0 Å². The van der Waals surface area contributed by atoms with E-state index in [1.807, 2.05) is 32.3 Å². The van der Waals surface area contributed by atoms with Crippen LogP contribution in [-0.2, 0) is 9.47 Å². The SMILES string of the molecule is C[C@H]1C[C@@H](n2c(Br)c(C(=O)OC(C)(C)C)c3c(N)ncnc32)CN1C(=O)OC(C)(C)C. The van der Waals surface area contributed by atoms with Gasteiger partial charge in [0.2, 0.25) is 0 Å². The van der Waals surface area contributed by atoms with Gasteiger partial charge >= 0.3 is 12.1 Å². The average molecular weight is 496 g/mol. The summed E-state index contributed by atoms with van der Waals surface area (Å²) < 4.78 is 13.6. The molecular formula is C21H30BrN5O4. The first-order valence-corrected chi connectivity index (χ1v) is 11.0. The number of esters is 1. The van der Waals surface area contributed by atoms with Crippen molar-refractivity contribution in [2.75, 3.05) is 12.3 Å². The number of ether oxygens (including phenoxy) is 2. The van der Waals surface area contributed by atoms with Crippen LogP contribution < -0.4 is 5.73 Å². The Morgan fingerprint density at radius 3 is 2.32 bits per heavy atom. The minimum Gasteiger partial charge on any atom is -0.456 e. The van der Waals surface area contributed by atoms with Gasteiger partial charge in [-0.1, -0.05) is 0 Å². The Morgan fingerprint density at radius 2 is 1.74 bits per heavy atom. The number of aromatic nitrogens is 3. The molecule has 3 heterocycles. The van der Waals surface area contributed by atoms with Crippen LogP contribution in [0.15, 0.2) is 10.9 Å². The van der Waals surface area contributed by atoms with E-state index in [0.29, 0.717) is 28.6 Å². The normalized spacial score (nSPS) is 19.7. The number of hydrogen-bond acceptors (Lipinski definition) is 7. The Kier molecular flexibility index (Phi) is 5.98. The lowest BCUT2D eigenvalue weighted by molar-refractivity contribution is 0.00691. The van der Waals surface area contributed by atoms with Crippen molar-refractivity contribution in [3.8, 4) is 0 Å². The maximum atomic E-state index is 13.0. The summed E-state index contributed by atoms with van der Waals surface area (Å²) in [5.74, 6) is -0.319. The summed E-state index contributed by atoms with van der Waals surface area (Å²) in [6.45, 7) is 13.3. The van der Waals surface area contributed by atoms with Gasteiger partial charge in [0.1, 0.15) is 39.2 Å². The molecule has 1 amide bonds. The second kappa shape index (κ2) is 7.96. The third-order valence-electron chi connectivity index (χ3n) is 4.90. The van der Waals surface area contributed by atoms with Crippen LogP contribution in [0.5, 0.6) is 0 Å². The van der Waals surface area contributed by atoms with E-state index < -0.39 is 17.2 Å². The Balaban J connectivity index is 2.04. The van der Waals surface area contributed by atoms with Gasteiger partial charge in [0.05, 0.1) is 11.4 Å². The predicted octanol–water partition coefficient (Wildman–Crippen LogP) is 4.30. The van der Waals surface area contributed by atoms with E-state index in [4.69, 9.17) is 15.2 Å². The Morgan fingerprint density at radius 1 is 1.13 bits per heavy atom. The number of likely N-dealkylation sites (tertiary alicyclic amines) is 1. The number of amides is 1. The summed E-state index contributed by atoms with van der Waals surface area (Å²) in [6.07, 6.45) is 1.67. The predicted molar refractivity (Wildman–Crippen MR) is 121 cm³/mol. The van der Waals surface area contributed by atoms with E-state index in [9.17, 15) is 9.59 Å². The molecule has 3 rings (SSSR count). The summed E-state index contributed by atoms with van der Waals surface area (Å²) in [7, 11) is 0. The van der Waals surface area contributed by atoms with Gasteiger partial charge < -0.3 is 24.7 Å². The molecule has 1 aliphatic heterocycles. The van der Waals surface area contributed by atoms with Crippen molar-refractivity contribution in [1.29, 1.82) is 0 Å². The molecule has 9 nitrogen and oxygen atoms in total. The number of carbonyl (C=O) groups excluding carboxylic acids is 2. The summed E-state index contributed by atoms with van der Waals surface area (Å²) in [4.78, 5) is 35.9. The molecule has 1 fully saturated rings. The van der Waals surface area contributed by atoms with Gasteiger partial charge in [-0.15, -0.1) is 0 Å². The highest BCUT2D eigenvalue weighted by Crippen LogP contribution is 2.39. The molecule has 1 saturated heterocycles. The van der Waals surface area contributed by atoms with Crippen LogP contribution in [0.1, 0.15) is 71.3 Å². The summed E-state index contributed by atoms with van der Waals surface area (Å²) in [5.41, 5.74) is 5.68. The Labute approximate surface area is 190 Å². The monoisotopic (exact) mass is 495 g/mol. The first kappa shape index (κ1) is 23.3. The summed E-state index contributed by atoms with van der Waals surface area (Å²) in [5, 5.41) is 0.437. The molecule has 0 unspecified atom stereocenters. The molecular weight excluding hydrogens is 466 g/mol. The zero-order valence-electron chi connectivity index (χ0n) is 19.0.